The number of aromatic nitrogens is 1. The molecular formula is C22H37NO3Si. The van der Waals surface area contributed by atoms with Crippen LogP contribution >= 0.6 is 0 Å². The maximum atomic E-state index is 10.9. The van der Waals surface area contributed by atoms with Crippen molar-refractivity contribution in [1.29, 1.82) is 0 Å². The van der Waals surface area contributed by atoms with Crippen LogP contribution in [0.3, 0.4) is 0 Å². The van der Waals surface area contributed by atoms with Gasteiger partial charge in [0.15, 0.2) is 8.32 Å². The number of carbonyl (C=O) groups is 1. The van der Waals surface area contributed by atoms with Crippen LogP contribution in [0.1, 0.15) is 64.9 Å². The van der Waals surface area contributed by atoms with Gasteiger partial charge in [-0.25, -0.2) is 0 Å². The van der Waals surface area contributed by atoms with Gasteiger partial charge in [-0.3, -0.25) is 9.78 Å². The average molecular weight is 392 g/mol. The summed E-state index contributed by atoms with van der Waals surface area (Å²) in [7, 11) is -1.67. The van der Waals surface area contributed by atoms with E-state index in [1.165, 1.54) is 0 Å². The second-order valence-electron chi connectivity index (χ2n) is 8.83. The number of aliphatic carboxylic acids is 1. The lowest BCUT2D eigenvalue weighted by Crippen LogP contribution is -2.40. The van der Waals surface area contributed by atoms with E-state index in [0.29, 0.717) is 5.92 Å². The molecule has 0 aliphatic heterocycles. The van der Waals surface area contributed by atoms with Gasteiger partial charge in [-0.2, -0.15) is 0 Å². The number of unbranched alkanes of at least 4 members (excludes halogenated alkanes) is 1. The highest BCUT2D eigenvalue weighted by molar-refractivity contribution is 6.74. The number of rotatable bonds is 12. The molecule has 5 heteroatoms. The molecule has 1 heterocycles. The standard InChI is InChI=1S/C22H37NO3Si/c1-22(2,3)27(4,5)26-17-7-6-10-19(14-15-21(24)25)11-8-12-20-13-9-16-23-18-20/h8-9,12-13,16,18-19H,6-7,10-11,14-15,17H2,1-5H3,(H,24,25). The van der Waals surface area contributed by atoms with Gasteiger partial charge in [0.05, 0.1) is 0 Å². The molecule has 0 aliphatic carbocycles. The molecule has 1 aromatic rings. The van der Waals surface area contributed by atoms with Crippen LogP contribution in [0.4, 0.5) is 0 Å². The Kier molecular flexibility index (Phi) is 9.95. The predicted molar refractivity (Wildman–Crippen MR) is 115 cm³/mol. The zero-order valence-electron chi connectivity index (χ0n) is 17.7. The Morgan fingerprint density at radius 1 is 1.30 bits per heavy atom. The molecule has 1 unspecified atom stereocenters. The van der Waals surface area contributed by atoms with E-state index in [1.54, 1.807) is 6.20 Å². The van der Waals surface area contributed by atoms with Gasteiger partial charge in [-0.15, -0.1) is 0 Å². The van der Waals surface area contributed by atoms with Crippen molar-refractivity contribution < 1.29 is 14.3 Å². The number of hydrogen-bond acceptors (Lipinski definition) is 3. The molecule has 0 spiro atoms. The number of carboxylic acid groups (broad SMARTS) is 1. The maximum Gasteiger partial charge on any atom is 0.303 e. The van der Waals surface area contributed by atoms with Crippen LogP contribution < -0.4 is 0 Å². The van der Waals surface area contributed by atoms with Gasteiger partial charge in [0.2, 0.25) is 0 Å². The molecule has 4 nitrogen and oxygen atoms in total. The van der Waals surface area contributed by atoms with Crippen molar-refractivity contribution in [3.05, 3.63) is 36.2 Å². The van der Waals surface area contributed by atoms with Crippen LogP contribution in [0, 0.1) is 5.92 Å². The number of carboxylic acids is 1. The van der Waals surface area contributed by atoms with Gasteiger partial charge in [-0.05, 0) is 54.9 Å². The highest BCUT2D eigenvalue weighted by Gasteiger charge is 2.36. The second-order valence-corrected chi connectivity index (χ2v) is 13.6. The number of pyridine rings is 1. The lowest BCUT2D eigenvalue weighted by Gasteiger charge is -2.36. The van der Waals surface area contributed by atoms with E-state index in [0.717, 1.165) is 44.3 Å². The summed E-state index contributed by atoms with van der Waals surface area (Å²) in [5, 5.41) is 9.24. The number of allylic oxidation sites excluding steroid dienone is 1. The van der Waals surface area contributed by atoms with Crippen LogP contribution in [0.15, 0.2) is 30.6 Å². The highest BCUT2D eigenvalue weighted by Crippen LogP contribution is 2.36. The molecule has 1 N–H and O–H groups in total. The van der Waals surface area contributed by atoms with E-state index in [9.17, 15) is 4.79 Å². The zero-order valence-corrected chi connectivity index (χ0v) is 18.7. The maximum absolute atomic E-state index is 10.9. The number of hydrogen-bond donors (Lipinski definition) is 1. The Morgan fingerprint density at radius 2 is 2.04 bits per heavy atom. The molecule has 152 valence electrons. The summed E-state index contributed by atoms with van der Waals surface area (Å²) in [6.45, 7) is 12.2. The van der Waals surface area contributed by atoms with Gasteiger partial charge >= 0.3 is 5.97 Å². The first-order chi connectivity index (χ1) is 12.6. The first-order valence-corrected chi connectivity index (χ1v) is 12.9. The van der Waals surface area contributed by atoms with Gasteiger partial charge in [0, 0.05) is 25.4 Å². The summed E-state index contributed by atoms with van der Waals surface area (Å²) in [5.41, 5.74) is 1.08. The SMILES string of the molecule is CC(C)(C)[Si](C)(C)OCCCCC(CC=Cc1cccnc1)CCC(=O)O. The van der Waals surface area contributed by atoms with Crippen LogP contribution in [0.5, 0.6) is 0 Å². The van der Waals surface area contributed by atoms with E-state index in [2.05, 4.69) is 51.0 Å². The predicted octanol–water partition coefficient (Wildman–Crippen LogP) is 6.16. The van der Waals surface area contributed by atoms with Crippen molar-refractivity contribution in [3.63, 3.8) is 0 Å². The van der Waals surface area contributed by atoms with Crippen molar-refractivity contribution >= 4 is 20.4 Å². The molecule has 1 rings (SSSR count). The molecule has 1 aromatic heterocycles. The van der Waals surface area contributed by atoms with Gasteiger partial charge in [0.25, 0.3) is 0 Å². The largest absolute Gasteiger partial charge is 0.481 e. The van der Waals surface area contributed by atoms with Gasteiger partial charge in [0.1, 0.15) is 0 Å². The lowest BCUT2D eigenvalue weighted by atomic mass is 9.93. The summed E-state index contributed by atoms with van der Waals surface area (Å²) in [5.74, 6) is -0.306. The van der Waals surface area contributed by atoms with Crippen LogP contribution in [-0.4, -0.2) is 31.0 Å². The second kappa shape index (κ2) is 11.4. The Balaban J connectivity index is 2.41. The molecule has 0 aliphatic rings. The molecule has 0 fully saturated rings. The molecule has 0 amide bonds. The normalized spacial score (nSPS) is 13.8. The van der Waals surface area contributed by atoms with Gasteiger partial charge in [-0.1, -0.05) is 51.8 Å². The third-order valence-corrected chi connectivity index (χ3v) is 10.0. The average Bonchev–Trinajstić information content (AvgIpc) is 2.58. The minimum Gasteiger partial charge on any atom is -0.481 e. The molecule has 0 saturated heterocycles. The van der Waals surface area contributed by atoms with E-state index >= 15 is 0 Å². The first-order valence-electron chi connectivity index (χ1n) is 10.0. The third-order valence-electron chi connectivity index (χ3n) is 5.51. The molecule has 0 bridgehead atoms. The molecule has 0 radical (unpaired) electrons. The Hall–Kier alpha value is -1.46. The van der Waals surface area contributed by atoms with Crippen molar-refractivity contribution in [1.82, 2.24) is 4.98 Å². The summed E-state index contributed by atoms with van der Waals surface area (Å²) in [6, 6.07) is 3.94. The van der Waals surface area contributed by atoms with Crippen molar-refractivity contribution in [3.8, 4) is 0 Å². The van der Waals surface area contributed by atoms with E-state index in [4.69, 9.17) is 9.53 Å². The monoisotopic (exact) mass is 391 g/mol. The lowest BCUT2D eigenvalue weighted by molar-refractivity contribution is -0.137. The quantitative estimate of drug-likeness (QED) is 0.342. The molecule has 0 aromatic carbocycles. The fourth-order valence-electron chi connectivity index (χ4n) is 2.66. The van der Waals surface area contributed by atoms with E-state index < -0.39 is 14.3 Å². The fraction of sp³-hybridized carbons (Fsp3) is 0.636. The van der Waals surface area contributed by atoms with Crippen molar-refractivity contribution in [2.45, 2.75) is 77.4 Å². The minimum atomic E-state index is -1.67. The van der Waals surface area contributed by atoms with Crippen molar-refractivity contribution in [2.75, 3.05) is 6.61 Å². The molecule has 27 heavy (non-hydrogen) atoms. The topological polar surface area (TPSA) is 59.4 Å². The third kappa shape index (κ3) is 9.87. The summed E-state index contributed by atoms with van der Waals surface area (Å²) < 4.78 is 6.24. The van der Waals surface area contributed by atoms with Crippen LogP contribution in [0.25, 0.3) is 6.08 Å². The van der Waals surface area contributed by atoms with Crippen molar-refractivity contribution in [2.24, 2.45) is 5.92 Å². The van der Waals surface area contributed by atoms with E-state index in [-0.39, 0.29) is 11.5 Å². The Labute approximate surface area is 166 Å². The first kappa shape index (κ1) is 23.6. The van der Waals surface area contributed by atoms with Crippen LogP contribution in [-0.2, 0) is 9.22 Å². The van der Waals surface area contributed by atoms with Crippen LogP contribution in [0.2, 0.25) is 18.1 Å². The summed E-state index contributed by atoms with van der Waals surface area (Å²) in [6.07, 6.45) is 12.9. The number of nitrogens with zero attached hydrogens (tertiary/aromatic N) is 1. The molecular weight excluding hydrogens is 354 g/mol. The fourth-order valence-corrected chi connectivity index (χ4v) is 3.75. The minimum absolute atomic E-state index is 0.242. The Bertz CT molecular complexity index is 579. The summed E-state index contributed by atoms with van der Waals surface area (Å²) in [4.78, 5) is 15.0. The zero-order chi connectivity index (χ0) is 20.3. The summed E-state index contributed by atoms with van der Waals surface area (Å²) >= 11 is 0. The highest BCUT2D eigenvalue weighted by atomic mass is 28.4. The van der Waals surface area contributed by atoms with E-state index in [1.807, 2.05) is 18.3 Å². The Morgan fingerprint density at radius 3 is 2.63 bits per heavy atom. The smallest absolute Gasteiger partial charge is 0.303 e. The molecule has 1 atom stereocenters. The molecule has 0 saturated carbocycles. The van der Waals surface area contributed by atoms with Gasteiger partial charge < -0.3 is 9.53 Å².